The number of nitrogen functional groups attached to an aromatic ring is 1. The molecule has 0 amide bonds. The third-order valence-electron chi connectivity index (χ3n) is 4.03. The first kappa shape index (κ1) is 12.4. The molecule has 5 nitrogen and oxygen atoms in total. The number of aromatic nitrogens is 2. The van der Waals surface area contributed by atoms with Gasteiger partial charge in [0.1, 0.15) is 12.4 Å². The van der Waals surface area contributed by atoms with E-state index < -0.39 is 0 Å². The van der Waals surface area contributed by atoms with Gasteiger partial charge in [-0.2, -0.15) is 0 Å². The van der Waals surface area contributed by atoms with Crippen molar-refractivity contribution in [3.8, 4) is 0 Å². The molecule has 19 heavy (non-hydrogen) atoms. The van der Waals surface area contributed by atoms with Crippen LogP contribution in [0.3, 0.4) is 0 Å². The number of rotatable bonds is 3. The fourth-order valence-corrected chi connectivity index (χ4v) is 2.99. The minimum atomic E-state index is -0.238. The summed E-state index contributed by atoms with van der Waals surface area (Å²) in [6.45, 7) is 0.606. The third-order valence-corrected chi connectivity index (χ3v) is 4.03. The maximum absolute atomic E-state index is 9.95. The molecule has 102 valence electrons. The minimum Gasteiger partial charge on any atom is -0.399 e. The molecule has 2 aromatic rings. The van der Waals surface area contributed by atoms with Gasteiger partial charge in [-0.15, -0.1) is 0 Å². The number of nitrogens with zero attached hydrogens (tertiary/aromatic N) is 2. The number of benzene rings is 1. The molecule has 0 aliphatic heterocycles. The zero-order chi connectivity index (χ0) is 13.4. The maximum Gasteiger partial charge on any atom is 0.135 e. The van der Waals surface area contributed by atoms with Crippen molar-refractivity contribution in [2.75, 3.05) is 5.73 Å². The first-order valence-electron chi connectivity index (χ1n) is 6.72. The number of nitrogens with two attached hydrogens (primary N) is 1. The number of imidazole rings is 1. The summed E-state index contributed by atoms with van der Waals surface area (Å²) < 4.78 is 2.01. The summed E-state index contributed by atoms with van der Waals surface area (Å²) in [7, 11) is 0. The fourth-order valence-electron chi connectivity index (χ4n) is 2.99. The average molecular weight is 261 g/mol. The van der Waals surface area contributed by atoms with Crippen LogP contribution in [-0.2, 0) is 13.2 Å². The molecule has 5 heteroatoms. The van der Waals surface area contributed by atoms with Gasteiger partial charge in [0.15, 0.2) is 0 Å². The Morgan fingerprint density at radius 3 is 2.89 bits per heavy atom. The van der Waals surface area contributed by atoms with Crippen LogP contribution >= 0.6 is 0 Å². The van der Waals surface area contributed by atoms with Crippen LogP contribution in [0.4, 0.5) is 5.69 Å². The lowest BCUT2D eigenvalue weighted by atomic mass is 10.1. The van der Waals surface area contributed by atoms with Crippen LogP contribution in [0.1, 0.15) is 25.1 Å². The van der Waals surface area contributed by atoms with E-state index in [1.54, 1.807) is 0 Å². The molecule has 1 heterocycles. The Bertz CT molecular complexity index is 594. The first-order valence-corrected chi connectivity index (χ1v) is 6.72. The van der Waals surface area contributed by atoms with Gasteiger partial charge in [-0.05, 0) is 31.0 Å². The van der Waals surface area contributed by atoms with Crippen LogP contribution in [0.5, 0.6) is 0 Å². The van der Waals surface area contributed by atoms with Gasteiger partial charge < -0.3 is 20.5 Å². The van der Waals surface area contributed by atoms with Crippen LogP contribution in [0.15, 0.2) is 18.2 Å². The minimum absolute atomic E-state index is 0.0998. The first-order chi connectivity index (χ1) is 9.19. The van der Waals surface area contributed by atoms with Crippen molar-refractivity contribution in [1.29, 1.82) is 0 Å². The van der Waals surface area contributed by atoms with Gasteiger partial charge in [0.2, 0.25) is 0 Å². The average Bonchev–Trinajstić information content (AvgIpc) is 2.94. The number of hydrogen-bond donors (Lipinski definition) is 3. The number of hydrogen-bond acceptors (Lipinski definition) is 4. The Labute approximate surface area is 111 Å². The van der Waals surface area contributed by atoms with Crippen molar-refractivity contribution in [2.45, 2.75) is 38.5 Å². The lowest BCUT2D eigenvalue weighted by Gasteiger charge is -2.17. The van der Waals surface area contributed by atoms with E-state index in [0.717, 1.165) is 30.3 Å². The molecule has 0 radical (unpaired) electrons. The second-order valence-corrected chi connectivity index (χ2v) is 5.30. The molecule has 2 unspecified atom stereocenters. The summed E-state index contributed by atoms with van der Waals surface area (Å²) >= 11 is 0. The molecule has 0 bridgehead atoms. The van der Waals surface area contributed by atoms with Crippen molar-refractivity contribution < 1.29 is 10.2 Å². The Morgan fingerprint density at radius 1 is 1.37 bits per heavy atom. The van der Waals surface area contributed by atoms with Crippen molar-refractivity contribution in [1.82, 2.24) is 9.55 Å². The standard InChI is InChI=1S/C14H19N3O2/c15-10-4-5-12-11(6-10)16-14(8-18)17(12)7-9-2-1-3-13(9)19/h4-6,9,13,18-19H,1-3,7-8,15H2. The lowest BCUT2D eigenvalue weighted by Crippen LogP contribution is -2.20. The Morgan fingerprint density at radius 2 is 2.21 bits per heavy atom. The van der Waals surface area contributed by atoms with E-state index >= 15 is 0 Å². The van der Waals surface area contributed by atoms with Crippen LogP contribution < -0.4 is 5.73 Å². The molecule has 3 rings (SSSR count). The van der Waals surface area contributed by atoms with Gasteiger partial charge in [0, 0.05) is 18.2 Å². The monoisotopic (exact) mass is 261 g/mol. The number of fused-ring (bicyclic) bond motifs is 1. The van der Waals surface area contributed by atoms with Crippen molar-refractivity contribution in [3.05, 3.63) is 24.0 Å². The summed E-state index contributed by atoms with van der Waals surface area (Å²) in [6.07, 6.45) is 2.73. The van der Waals surface area contributed by atoms with Gasteiger partial charge in [-0.1, -0.05) is 6.42 Å². The molecule has 1 aromatic heterocycles. The maximum atomic E-state index is 9.95. The number of aliphatic hydroxyl groups is 2. The van der Waals surface area contributed by atoms with Crippen molar-refractivity contribution >= 4 is 16.7 Å². The molecule has 1 aromatic carbocycles. The highest BCUT2D eigenvalue weighted by molar-refractivity contribution is 5.79. The second kappa shape index (κ2) is 4.83. The van der Waals surface area contributed by atoms with Crippen LogP contribution in [0.2, 0.25) is 0 Å². The van der Waals surface area contributed by atoms with E-state index in [1.807, 2.05) is 22.8 Å². The van der Waals surface area contributed by atoms with Gasteiger partial charge in [-0.3, -0.25) is 0 Å². The molecule has 1 fully saturated rings. The topological polar surface area (TPSA) is 84.3 Å². The highest BCUT2D eigenvalue weighted by Crippen LogP contribution is 2.29. The van der Waals surface area contributed by atoms with E-state index in [4.69, 9.17) is 5.73 Å². The number of aliphatic hydroxyl groups excluding tert-OH is 2. The molecule has 1 aliphatic carbocycles. The predicted octanol–water partition coefficient (Wildman–Crippen LogP) is 1.27. The zero-order valence-electron chi connectivity index (χ0n) is 10.8. The fraction of sp³-hybridized carbons (Fsp3) is 0.500. The molecule has 0 saturated heterocycles. The van der Waals surface area contributed by atoms with Crippen LogP contribution in [0.25, 0.3) is 11.0 Å². The Kier molecular flexibility index (Phi) is 3.16. The second-order valence-electron chi connectivity index (χ2n) is 5.30. The summed E-state index contributed by atoms with van der Waals surface area (Å²) in [4.78, 5) is 4.41. The summed E-state index contributed by atoms with van der Waals surface area (Å²) in [6, 6.07) is 5.58. The van der Waals surface area contributed by atoms with Gasteiger partial charge in [0.05, 0.1) is 17.1 Å². The Hall–Kier alpha value is -1.59. The summed E-state index contributed by atoms with van der Waals surface area (Å²) in [5.41, 5.74) is 8.20. The van der Waals surface area contributed by atoms with Gasteiger partial charge in [0.25, 0.3) is 0 Å². The summed E-state index contributed by atoms with van der Waals surface area (Å²) in [5.74, 6) is 0.889. The number of anilines is 1. The lowest BCUT2D eigenvalue weighted by molar-refractivity contribution is 0.122. The van der Waals surface area contributed by atoms with Crippen LogP contribution in [0, 0.1) is 5.92 Å². The largest absolute Gasteiger partial charge is 0.399 e. The SMILES string of the molecule is Nc1ccc2c(c1)nc(CO)n2CC1CCCC1O. The molecular weight excluding hydrogens is 242 g/mol. The van der Waals surface area contributed by atoms with E-state index in [9.17, 15) is 10.2 Å². The quantitative estimate of drug-likeness (QED) is 0.726. The predicted molar refractivity (Wildman–Crippen MR) is 73.4 cm³/mol. The van der Waals surface area contributed by atoms with Crippen LogP contribution in [-0.4, -0.2) is 25.9 Å². The third kappa shape index (κ3) is 2.19. The van der Waals surface area contributed by atoms with E-state index in [0.29, 0.717) is 18.1 Å². The van der Waals surface area contributed by atoms with Gasteiger partial charge in [-0.25, -0.2) is 4.98 Å². The zero-order valence-corrected chi connectivity index (χ0v) is 10.8. The normalized spacial score (nSPS) is 23.3. The molecule has 0 spiro atoms. The summed E-state index contributed by atoms with van der Waals surface area (Å²) in [5, 5.41) is 19.4. The van der Waals surface area contributed by atoms with E-state index in [2.05, 4.69) is 4.98 Å². The molecule has 1 saturated carbocycles. The highest BCUT2D eigenvalue weighted by Gasteiger charge is 2.26. The van der Waals surface area contributed by atoms with E-state index in [1.165, 1.54) is 0 Å². The Balaban J connectivity index is 2.00. The van der Waals surface area contributed by atoms with Gasteiger partial charge >= 0.3 is 0 Å². The molecular formula is C14H19N3O2. The van der Waals surface area contributed by atoms with Crippen molar-refractivity contribution in [3.63, 3.8) is 0 Å². The molecule has 2 atom stereocenters. The molecule has 1 aliphatic rings. The van der Waals surface area contributed by atoms with Crippen molar-refractivity contribution in [2.24, 2.45) is 5.92 Å². The highest BCUT2D eigenvalue weighted by atomic mass is 16.3. The molecule has 4 N–H and O–H groups in total. The smallest absolute Gasteiger partial charge is 0.135 e. The van der Waals surface area contributed by atoms with E-state index in [-0.39, 0.29) is 18.6 Å².